The van der Waals surface area contributed by atoms with Crippen LogP contribution in [0.1, 0.15) is 11.1 Å². The lowest BCUT2D eigenvalue weighted by atomic mass is 9.95. The second kappa shape index (κ2) is 4.42. The number of benzene rings is 2. The van der Waals surface area contributed by atoms with E-state index in [4.69, 9.17) is 0 Å². The van der Waals surface area contributed by atoms with Crippen molar-refractivity contribution in [2.45, 2.75) is 13.8 Å². The third-order valence-corrected chi connectivity index (χ3v) is 3.96. The smallest absolute Gasteiger partial charge is 0.234 e. The van der Waals surface area contributed by atoms with Crippen LogP contribution in [0.15, 0.2) is 55.0 Å². The standard InChI is InChI=1S/C18H15N3/c1-12-5-3-4-6-15(12)16-10-14-11-21-8-7-19-18(21)20-17(14)9-13(16)2/h3-11H,1-2H3. The molecule has 4 rings (SSSR count). The molecular formula is C18H15N3. The van der Waals surface area contributed by atoms with Gasteiger partial charge in [-0.1, -0.05) is 24.3 Å². The van der Waals surface area contributed by atoms with Crippen LogP contribution in [-0.4, -0.2) is 14.4 Å². The summed E-state index contributed by atoms with van der Waals surface area (Å²) in [4.78, 5) is 8.85. The first-order valence-corrected chi connectivity index (χ1v) is 7.02. The van der Waals surface area contributed by atoms with E-state index in [1.165, 1.54) is 22.3 Å². The highest BCUT2D eigenvalue weighted by atomic mass is 15.1. The average Bonchev–Trinajstić information content (AvgIpc) is 2.92. The predicted molar refractivity (Wildman–Crippen MR) is 85.4 cm³/mol. The van der Waals surface area contributed by atoms with Crippen LogP contribution in [0, 0.1) is 13.8 Å². The Balaban J connectivity index is 2.04. The monoisotopic (exact) mass is 273 g/mol. The Bertz CT molecular complexity index is 967. The first kappa shape index (κ1) is 12.1. The van der Waals surface area contributed by atoms with Gasteiger partial charge in [0.05, 0.1) is 5.52 Å². The molecule has 2 heterocycles. The third kappa shape index (κ3) is 1.89. The molecule has 0 fully saturated rings. The Hall–Kier alpha value is -2.68. The lowest BCUT2D eigenvalue weighted by Crippen LogP contribution is -1.92. The summed E-state index contributed by atoms with van der Waals surface area (Å²) >= 11 is 0. The quantitative estimate of drug-likeness (QED) is 0.521. The fraction of sp³-hybridized carbons (Fsp3) is 0.111. The van der Waals surface area contributed by atoms with Gasteiger partial charge in [-0.25, -0.2) is 9.97 Å². The number of hydrogen-bond acceptors (Lipinski definition) is 2. The molecule has 0 N–H and O–H groups in total. The zero-order chi connectivity index (χ0) is 14.4. The van der Waals surface area contributed by atoms with Crippen molar-refractivity contribution in [3.63, 3.8) is 0 Å². The molecule has 0 atom stereocenters. The second-order valence-corrected chi connectivity index (χ2v) is 5.42. The number of fused-ring (bicyclic) bond motifs is 2. The lowest BCUT2D eigenvalue weighted by molar-refractivity contribution is 1.14. The molecule has 0 bridgehead atoms. The maximum atomic E-state index is 4.61. The van der Waals surface area contributed by atoms with Crippen molar-refractivity contribution in [2.75, 3.05) is 0 Å². The van der Waals surface area contributed by atoms with Gasteiger partial charge in [-0.2, -0.15) is 0 Å². The van der Waals surface area contributed by atoms with E-state index < -0.39 is 0 Å². The summed E-state index contributed by atoms with van der Waals surface area (Å²) < 4.78 is 1.96. The molecule has 0 radical (unpaired) electrons. The van der Waals surface area contributed by atoms with Crippen LogP contribution >= 0.6 is 0 Å². The van der Waals surface area contributed by atoms with E-state index in [1.54, 1.807) is 6.20 Å². The van der Waals surface area contributed by atoms with E-state index in [2.05, 4.69) is 66.4 Å². The highest BCUT2D eigenvalue weighted by molar-refractivity contribution is 5.87. The van der Waals surface area contributed by atoms with Gasteiger partial charge in [-0.3, -0.25) is 4.40 Å². The van der Waals surface area contributed by atoms with Crippen LogP contribution in [0.5, 0.6) is 0 Å². The molecule has 0 saturated carbocycles. The number of aryl methyl sites for hydroxylation is 2. The molecule has 21 heavy (non-hydrogen) atoms. The van der Waals surface area contributed by atoms with E-state index >= 15 is 0 Å². The third-order valence-electron chi connectivity index (χ3n) is 3.96. The normalized spacial score (nSPS) is 11.3. The van der Waals surface area contributed by atoms with Crippen LogP contribution in [0.2, 0.25) is 0 Å². The van der Waals surface area contributed by atoms with Gasteiger partial charge in [-0.05, 0) is 48.2 Å². The molecule has 0 saturated heterocycles. The Morgan fingerprint density at radius 3 is 2.67 bits per heavy atom. The molecule has 0 unspecified atom stereocenters. The maximum absolute atomic E-state index is 4.61. The van der Waals surface area contributed by atoms with Crippen molar-refractivity contribution in [3.8, 4) is 11.1 Å². The molecular weight excluding hydrogens is 258 g/mol. The zero-order valence-electron chi connectivity index (χ0n) is 12.0. The van der Waals surface area contributed by atoms with Crippen LogP contribution in [0.4, 0.5) is 0 Å². The van der Waals surface area contributed by atoms with Crippen molar-refractivity contribution in [1.29, 1.82) is 0 Å². The van der Waals surface area contributed by atoms with Gasteiger partial charge >= 0.3 is 0 Å². The molecule has 4 aromatic rings. The lowest BCUT2D eigenvalue weighted by Gasteiger charge is -2.11. The van der Waals surface area contributed by atoms with Gasteiger partial charge in [0.25, 0.3) is 0 Å². The molecule has 0 aliphatic carbocycles. The van der Waals surface area contributed by atoms with Crippen molar-refractivity contribution < 1.29 is 0 Å². The van der Waals surface area contributed by atoms with Crippen molar-refractivity contribution in [3.05, 3.63) is 66.1 Å². The van der Waals surface area contributed by atoms with Crippen LogP contribution in [0.3, 0.4) is 0 Å². The van der Waals surface area contributed by atoms with E-state index in [1.807, 2.05) is 10.6 Å². The highest BCUT2D eigenvalue weighted by Gasteiger charge is 2.08. The van der Waals surface area contributed by atoms with E-state index in [0.29, 0.717) is 0 Å². The summed E-state index contributed by atoms with van der Waals surface area (Å²) in [5.41, 5.74) is 6.06. The van der Waals surface area contributed by atoms with Gasteiger partial charge in [-0.15, -0.1) is 0 Å². The van der Waals surface area contributed by atoms with Crippen molar-refractivity contribution in [1.82, 2.24) is 14.4 Å². The first-order chi connectivity index (χ1) is 10.2. The molecule has 102 valence electrons. The molecule has 3 nitrogen and oxygen atoms in total. The number of aromatic nitrogens is 3. The Morgan fingerprint density at radius 2 is 1.81 bits per heavy atom. The number of hydrogen-bond donors (Lipinski definition) is 0. The molecule has 2 aromatic heterocycles. The van der Waals surface area contributed by atoms with Gasteiger partial charge in [0.2, 0.25) is 5.78 Å². The van der Waals surface area contributed by atoms with E-state index in [9.17, 15) is 0 Å². The zero-order valence-corrected chi connectivity index (χ0v) is 12.0. The SMILES string of the molecule is Cc1ccccc1-c1cc2cn3ccnc3nc2cc1C. The van der Waals surface area contributed by atoms with Gasteiger partial charge in [0.1, 0.15) is 0 Å². The summed E-state index contributed by atoms with van der Waals surface area (Å²) in [5, 5.41) is 1.13. The fourth-order valence-corrected chi connectivity index (χ4v) is 2.83. The van der Waals surface area contributed by atoms with Gasteiger partial charge in [0.15, 0.2) is 0 Å². The Kier molecular flexibility index (Phi) is 2.54. The number of rotatable bonds is 1. The summed E-state index contributed by atoms with van der Waals surface area (Å²) in [7, 11) is 0. The molecule has 0 aliphatic rings. The van der Waals surface area contributed by atoms with Crippen LogP contribution in [-0.2, 0) is 0 Å². The molecule has 2 aromatic carbocycles. The minimum Gasteiger partial charge on any atom is -0.291 e. The maximum Gasteiger partial charge on any atom is 0.234 e. The minimum absolute atomic E-state index is 0.741. The van der Waals surface area contributed by atoms with Crippen molar-refractivity contribution in [2.24, 2.45) is 0 Å². The van der Waals surface area contributed by atoms with Crippen LogP contribution in [0.25, 0.3) is 27.8 Å². The molecule has 0 amide bonds. The Labute approximate surface area is 122 Å². The van der Waals surface area contributed by atoms with Crippen LogP contribution < -0.4 is 0 Å². The minimum atomic E-state index is 0.741. The number of nitrogens with zero attached hydrogens (tertiary/aromatic N) is 3. The molecule has 0 spiro atoms. The Morgan fingerprint density at radius 1 is 0.952 bits per heavy atom. The first-order valence-electron chi connectivity index (χ1n) is 7.02. The second-order valence-electron chi connectivity index (χ2n) is 5.42. The van der Waals surface area contributed by atoms with Gasteiger partial charge < -0.3 is 0 Å². The highest BCUT2D eigenvalue weighted by Crippen LogP contribution is 2.29. The largest absolute Gasteiger partial charge is 0.291 e. The molecule has 0 aliphatic heterocycles. The van der Waals surface area contributed by atoms with E-state index in [-0.39, 0.29) is 0 Å². The molecule has 3 heteroatoms. The van der Waals surface area contributed by atoms with Crippen molar-refractivity contribution >= 4 is 16.7 Å². The summed E-state index contributed by atoms with van der Waals surface area (Å²) in [6.45, 7) is 4.29. The summed E-state index contributed by atoms with van der Waals surface area (Å²) in [6.07, 6.45) is 5.79. The number of imidazole rings is 1. The van der Waals surface area contributed by atoms with Gasteiger partial charge in [0, 0.05) is 24.0 Å². The topological polar surface area (TPSA) is 30.2 Å². The fourth-order valence-electron chi connectivity index (χ4n) is 2.83. The van der Waals surface area contributed by atoms with E-state index in [0.717, 1.165) is 16.7 Å². The summed E-state index contributed by atoms with van der Waals surface area (Å²) in [6, 6.07) is 12.9. The summed E-state index contributed by atoms with van der Waals surface area (Å²) in [5.74, 6) is 0.741. The predicted octanol–water partition coefficient (Wildman–Crippen LogP) is 4.17. The average molecular weight is 273 g/mol.